The number of hydrogen-bond donors (Lipinski definition) is 2. The normalized spacial score (nSPS) is 11.1. The van der Waals surface area contributed by atoms with Crippen LogP contribution in [0.1, 0.15) is 10.4 Å². The number of amides is 1. The van der Waals surface area contributed by atoms with Gasteiger partial charge in [0.15, 0.2) is 18.1 Å². The standard InChI is InChI=1S/C17H15F2NO7S/c1-26-13-4-2-3-12(15(13)22)16(23)27-9-14(21)20-10-5-7-11(8-6-10)28(24,25)17(18)19/h2-8,17,22H,9H2,1H3,(H,20,21). The fraction of sp³-hybridized carbons (Fsp3) is 0.176. The van der Waals surface area contributed by atoms with Crippen LogP contribution in [0.5, 0.6) is 11.5 Å². The van der Waals surface area contributed by atoms with E-state index in [1.165, 1.54) is 25.3 Å². The Labute approximate surface area is 158 Å². The molecule has 0 heterocycles. The highest BCUT2D eigenvalue weighted by atomic mass is 32.2. The second kappa shape index (κ2) is 8.65. The molecule has 0 fully saturated rings. The number of esters is 1. The van der Waals surface area contributed by atoms with Crippen LogP contribution in [0.4, 0.5) is 14.5 Å². The molecule has 0 spiro atoms. The number of benzene rings is 2. The molecule has 2 aromatic carbocycles. The zero-order chi connectivity index (χ0) is 20.9. The third kappa shape index (κ3) is 4.74. The minimum absolute atomic E-state index is 0.0535. The van der Waals surface area contributed by atoms with Gasteiger partial charge in [0.05, 0.1) is 12.0 Å². The summed E-state index contributed by atoms with van der Waals surface area (Å²) in [5.74, 6) is -5.67. The average Bonchev–Trinajstić information content (AvgIpc) is 2.66. The number of methoxy groups -OCH3 is 1. The second-order valence-electron chi connectivity index (χ2n) is 5.31. The van der Waals surface area contributed by atoms with Gasteiger partial charge in [-0.2, -0.15) is 8.78 Å². The molecule has 11 heteroatoms. The first-order valence-electron chi connectivity index (χ1n) is 7.62. The molecule has 0 aliphatic rings. The number of nitrogens with one attached hydrogen (secondary N) is 1. The van der Waals surface area contributed by atoms with Crippen LogP contribution in [-0.2, 0) is 19.4 Å². The summed E-state index contributed by atoms with van der Waals surface area (Å²) in [5.41, 5.74) is -0.0906. The molecule has 0 aliphatic heterocycles. The van der Waals surface area contributed by atoms with Crippen molar-refractivity contribution in [3.8, 4) is 11.5 Å². The number of alkyl halides is 2. The number of ether oxygens (including phenoxy) is 2. The van der Waals surface area contributed by atoms with E-state index in [1.807, 2.05) is 0 Å². The van der Waals surface area contributed by atoms with Gasteiger partial charge in [0.25, 0.3) is 5.91 Å². The summed E-state index contributed by atoms with van der Waals surface area (Å²) < 4.78 is 57.2. The van der Waals surface area contributed by atoms with Crippen LogP contribution in [0, 0.1) is 0 Å². The van der Waals surface area contributed by atoms with Crippen LogP contribution < -0.4 is 10.1 Å². The zero-order valence-electron chi connectivity index (χ0n) is 14.4. The lowest BCUT2D eigenvalue weighted by molar-refractivity contribution is -0.119. The summed E-state index contributed by atoms with van der Waals surface area (Å²) in [7, 11) is -3.43. The molecule has 0 saturated heterocycles. The van der Waals surface area contributed by atoms with E-state index < -0.39 is 44.7 Å². The van der Waals surface area contributed by atoms with Gasteiger partial charge in [-0.15, -0.1) is 0 Å². The Bertz CT molecular complexity index is 976. The summed E-state index contributed by atoms with van der Waals surface area (Å²) >= 11 is 0. The molecular weight excluding hydrogens is 400 g/mol. The predicted octanol–water partition coefficient (Wildman–Crippen LogP) is 2.19. The maximum Gasteiger partial charge on any atom is 0.342 e. The first-order valence-corrected chi connectivity index (χ1v) is 9.16. The summed E-state index contributed by atoms with van der Waals surface area (Å²) in [4.78, 5) is 23.2. The zero-order valence-corrected chi connectivity index (χ0v) is 15.2. The Morgan fingerprint density at radius 3 is 2.36 bits per heavy atom. The van der Waals surface area contributed by atoms with Gasteiger partial charge in [-0.05, 0) is 36.4 Å². The smallest absolute Gasteiger partial charge is 0.342 e. The van der Waals surface area contributed by atoms with Crippen molar-refractivity contribution in [2.24, 2.45) is 0 Å². The molecule has 2 aromatic rings. The first-order chi connectivity index (χ1) is 13.2. The minimum atomic E-state index is -4.73. The van der Waals surface area contributed by atoms with Crippen LogP contribution in [-0.4, -0.2) is 44.9 Å². The van der Waals surface area contributed by atoms with Gasteiger partial charge in [0, 0.05) is 5.69 Å². The molecule has 0 unspecified atom stereocenters. The van der Waals surface area contributed by atoms with Crippen LogP contribution in [0.25, 0.3) is 0 Å². The van der Waals surface area contributed by atoms with Gasteiger partial charge < -0.3 is 19.9 Å². The molecule has 0 radical (unpaired) electrons. The number of hydrogen-bond acceptors (Lipinski definition) is 7. The Morgan fingerprint density at radius 2 is 1.79 bits per heavy atom. The topological polar surface area (TPSA) is 119 Å². The molecule has 2 rings (SSSR count). The highest BCUT2D eigenvalue weighted by Crippen LogP contribution is 2.29. The molecule has 0 saturated carbocycles. The molecule has 28 heavy (non-hydrogen) atoms. The Kier molecular flexibility index (Phi) is 6.52. The number of phenolic OH excluding ortho intramolecular Hbond substituents is 1. The molecule has 0 aliphatic carbocycles. The van der Waals surface area contributed by atoms with Crippen molar-refractivity contribution in [1.29, 1.82) is 0 Å². The fourth-order valence-electron chi connectivity index (χ4n) is 2.09. The van der Waals surface area contributed by atoms with Gasteiger partial charge >= 0.3 is 11.7 Å². The van der Waals surface area contributed by atoms with E-state index in [-0.39, 0.29) is 17.0 Å². The van der Waals surface area contributed by atoms with Crippen molar-refractivity contribution in [3.63, 3.8) is 0 Å². The van der Waals surface area contributed by atoms with Crippen LogP contribution in [0.2, 0.25) is 0 Å². The predicted molar refractivity (Wildman–Crippen MR) is 93.2 cm³/mol. The fourth-order valence-corrected chi connectivity index (χ4v) is 2.81. The lowest BCUT2D eigenvalue weighted by atomic mass is 10.2. The minimum Gasteiger partial charge on any atom is -0.504 e. The number of phenols is 1. The number of rotatable bonds is 7. The summed E-state index contributed by atoms with van der Waals surface area (Å²) in [6, 6.07) is 8.21. The Balaban J connectivity index is 1.97. The SMILES string of the molecule is COc1cccc(C(=O)OCC(=O)Nc2ccc(S(=O)(=O)C(F)F)cc2)c1O. The summed E-state index contributed by atoms with van der Waals surface area (Å²) in [6.07, 6.45) is 0. The number of anilines is 1. The summed E-state index contributed by atoms with van der Waals surface area (Å²) in [5, 5.41) is 12.2. The van der Waals surface area contributed by atoms with Gasteiger partial charge in [0.1, 0.15) is 5.56 Å². The number of para-hydroxylation sites is 1. The van der Waals surface area contributed by atoms with Crippen LogP contribution >= 0.6 is 0 Å². The van der Waals surface area contributed by atoms with Crippen molar-refractivity contribution in [3.05, 3.63) is 48.0 Å². The average molecular weight is 415 g/mol. The van der Waals surface area contributed by atoms with Crippen molar-refractivity contribution in [2.75, 3.05) is 19.0 Å². The number of halogens is 2. The van der Waals surface area contributed by atoms with Gasteiger partial charge in [0.2, 0.25) is 9.84 Å². The van der Waals surface area contributed by atoms with Crippen molar-refractivity contribution in [1.82, 2.24) is 0 Å². The monoisotopic (exact) mass is 415 g/mol. The van der Waals surface area contributed by atoms with Gasteiger partial charge in [-0.25, -0.2) is 13.2 Å². The highest BCUT2D eigenvalue weighted by molar-refractivity contribution is 7.91. The third-order valence-electron chi connectivity index (χ3n) is 3.47. The van der Waals surface area contributed by atoms with Crippen molar-refractivity contribution < 1.29 is 41.4 Å². The molecule has 1 amide bonds. The maximum absolute atomic E-state index is 12.5. The molecule has 0 bridgehead atoms. The quantitative estimate of drug-likeness (QED) is 0.666. The molecule has 8 nitrogen and oxygen atoms in total. The number of carbonyl (C=O) groups excluding carboxylic acids is 2. The van der Waals surface area contributed by atoms with E-state index in [0.717, 1.165) is 24.3 Å². The van der Waals surface area contributed by atoms with Crippen molar-refractivity contribution in [2.45, 2.75) is 10.7 Å². The molecule has 0 atom stereocenters. The highest BCUT2D eigenvalue weighted by Gasteiger charge is 2.26. The summed E-state index contributed by atoms with van der Waals surface area (Å²) in [6.45, 7) is -0.702. The van der Waals surface area contributed by atoms with Crippen molar-refractivity contribution >= 4 is 27.4 Å². The van der Waals surface area contributed by atoms with E-state index >= 15 is 0 Å². The van der Waals surface area contributed by atoms with E-state index in [2.05, 4.69) is 5.32 Å². The lowest BCUT2D eigenvalue weighted by Gasteiger charge is -2.10. The third-order valence-corrected chi connectivity index (χ3v) is 4.87. The molecule has 2 N–H and O–H groups in total. The van der Waals surface area contributed by atoms with Crippen LogP contribution in [0.15, 0.2) is 47.4 Å². The molecule has 0 aromatic heterocycles. The molecule has 150 valence electrons. The van der Waals surface area contributed by atoms with E-state index in [0.29, 0.717) is 0 Å². The van der Waals surface area contributed by atoms with Gasteiger partial charge in [-0.3, -0.25) is 4.79 Å². The first kappa shape index (κ1) is 21.1. The maximum atomic E-state index is 12.5. The molecular formula is C17H15F2NO7S. The second-order valence-corrected chi connectivity index (χ2v) is 7.23. The van der Waals surface area contributed by atoms with Gasteiger partial charge in [-0.1, -0.05) is 6.07 Å². The van der Waals surface area contributed by atoms with Crippen LogP contribution in [0.3, 0.4) is 0 Å². The van der Waals surface area contributed by atoms with E-state index in [4.69, 9.17) is 9.47 Å². The Hall–Kier alpha value is -3.21. The number of aromatic hydroxyl groups is 1. The number of sulfone groups is 1. The Morgan fingerprint density at radius 1 is 1.14 bits per heavy atom. The largest absolute Gasteiger partial charge is 0.504 e. The van der Waals surface area contributed by atoms with E-state index in [1.54, 1.807) is 0 Å². The number of carbonyl (C=O) groups is 2. The van der Waals surface area contributed by atoms with E-state index in [9.17, 15) is 31.9 Å². The lowest BCUT2D eigenvalue weighted by Crippen LogP contribution is -2.21.